The van der Waals surface area contributed by atoms with Crippen LogP contribution in [0, 0.1) is 12.8 Å². The first-order valence-corrected chi connectivity index (χ1v) is 10.3. The molecule has 0 bridgehead atoms. The molecule has 1 aliphatic rings. The number of fused-ring (bicyclic) bond motifs is 1. The fourth-order valence-electron chi connectivity index (χ4n) is 4.21. The molecule has 1 aliphatic heterocycles. The maximum atomic E-state index is 13.3. The molecule has 1 saturated heterocycles. The van der Waals surface area contributed by atoms with Gasteiger partial charge in [0.1, 0.15) is 23.3 Å². The van der Waals surface area contributed by atoms with Crippen molar-refractivity contribution >= 4 is 16.9 Å². The normalized spacial score (nSPS) is 15.3. The number of hydrogen-bond acceptors (Lipinski definition) is 6. The number of ether oxygens (including phenoxy) is 1. The topological polar surface area (TPSA) is 100 Å². The maximum absolute atomic E-state index is 13.3. The van der Waals surface area contributed by atoms with E-state index in [-0.39, 0.29) is 17.1 Å². The Balaban J connectivity index is 1.71. The van der Waals surface area contributed by atoms with Gasteiger partial charge in [-0.05, 0) is 62.2 Å². The van der Waals surface area contributed by atoms with E-state index in [2.05, 4.69) is 4.90 Å². The predicted octanol–water partition coefficient (Wildman–Crippen LogP) is 3.78. The lowest BCUT2D eigenvalue weighted by Gasteiger charge is -2.30. The summed E-state index contributed by atoms with van der Waals surface area (Å²) in [4.78, 5) is 26.6. The molecule has 4 rings (SSSR count). The van der Waals surface area contributed by atoms with Crippen molar-refractivity contribution in [3.8, 4) is 22.6 Å². The number of carbonyl (C=O) groups is 1. The molecule has 0 spiro atoms. The van der Waals surface area contributed by atoms with Gasteiger partial charge in [-0.15, -0.1) is 0 Å². The lowest BCUT2D eigenvalue weighted by atomic mass is 9.96. The third-order valence-electron chi connectivity index (χ3n) is 6.04. The van der Waals surface area contributed by atoms with E-state index in [0.29, 0.717) is 65.9 Å². The van der Waals surface area contributed by atoms with Crippen molar-refractivity contribution in [1.82, 2.24) is 4.90 Å². The highest BCUT2D eigenvalue weighted by Crippen LogP contribution is 2.33. The van der Waals surface area contributed by atoms with Crippen molar-refractivity contribution in [3.63, 3.8) is 0 Å². The zero-order chi connectivity index (χ0) is 22.1. The second kappa shape index (κ2) is 8.43. The summed E-state index contributed by atoms with van der Waals surface area (Å²) in [5, 5.41) is 20.2. The van der Waals surface area contributed by atoms with Gasteiger partial charge in [0.2, 0.25) is 5.43 Å². The lowest BCUT2D eigenvalue weighted by Crippen LogP contribution is -2.35. The number of rotatable bonds is 5. The predicted molar refractivity (Wildman–Crippen MR) is 117 cm³/mol. The SMILES string of the molecule is COc1ccc(-c2coc3c(CN4CCC(C(=O)O)CC4)c(O)cc(C)c3c2=O)cc1. The molecule has 162 valence electrons. The smallest absolute Gasteiger partial charge is 0.306 e. The molecule has 7 heteroatoms. The molecule has 0 saturated carbocycles. The van der Waals surface area contributed by atoms with Crippen LogP contribution >= 0.6 is 0 Å². The first-order chi connectivity index (χ1) is 14.9. The Labute approximate surface area is 179 Å². The van der Waals surface area contributed by atoms with Gasteiger partial charge in [0.15, 0.2) is 0 Å². The molecule has 2 aromatic carbocycles. The summed E-state index contributed by atoms with van der Waals surface area (Å²) in [7, 11) is 1.58. The summed E-state index contributed by atoms with van der Waals surface area (Å²) in [5.41, 5.74) is 2.57. The highest BCUT2D eigenvalue weighted by molar-refractivity contribution is 5.88. The summed E-state index contributed by atoms with van der Waals surface area (Å²) in [6, 6.07) is 8.78. The molecule has 0 atom stereocenters. The van der Waals surface area contributed by atoms with E-state index in [1.54, 1.807) is 44.4 Å². The number of piperidine rings is 1. The fraction of sp³-hybridized carbons (Fsp3) is 0.333. The Morgan fingerprint density at radius 1 is 1.23 bits per heavy atom. The second-order valence-corrected chi connectivity index (χ2v) is 7.99. The number of phenols is 1. The number of phenolic OH excluding ortho intramolecular Hbond substituents is 1. The average molecular weight is 423 g/mol. The third-order valence-corrected chi connectivity index (χ3v) is 6.04. The number of carboxylic acid groups (broad SMARTS) is 1. The van der Waals surface area contributed by atoms with Gasteiger partial charge in [-0.2, -0.15) is 0 Å². The van der Waals surface area contributed by atoms with Crippen LogP contribution in [-0.4, -0.2) is 41.3 Å². The molecule has 3 aromatic rings. The number of nitrogens with zero attached hydrogens (tertiary/aromatic N) is 1. The van der Waals surface area contributed by atoms with Crippen molar-refractivity contribution in [2.45, 2.75) is 26.3 Å². The number of aliphatic carboxylic acids is 1. The van der Waals surface area contributed by atoms with Crippen molar-refractivity contribution < 1.29 is 24.2 Å². The van der Waals surface area contributed by atoms with E-state index < -0.39 is 5.97 Å². The molecule has 1 aromatic heterocycles. The van der Waals surface area contributed by atoms with Gasteiger partial charge in [0.25, 0.3) is 0 Å². The Kier molecular flexibility index (Phi) is 5.69. The number of hydrogen-bond donors (Lipinski definition) is 2. The fourth-order valence-corrected chi connectivity index (χ4v) is 4.21. The van der Waals surface area contributed by atoms with Gasteiger partial charge in [-0.25, -0.2) is 0 Å². The van der Waals surface area contributed by atoms with Crippen LogP contribution in [-0.2, 0) is 11.3 Å². The standard InChI is InChI=1S/C24H25NO6/c1-14-11-20(26)18(12-25-9-7-16(8-10-25)24(28)29)23-21(14)22(27)19(13-31-23)15-3-5-17(30-2)6-4-15/h3-6,11,13,16,26H,7-10,12H2,1-2H3,(H,28,29). The van der Waals surface area contributed by atoms with E-state index in [0.717, 1.165) is 5.56 Å². The van der Waals surface area contributed by atoms with Crippen LogP contribution in [0.3, 0.4) is 0 Å². The first kappa shape index (κ1) is 20.9. The summed E-state index contributed by atoms with van der Waals surface area (Å²) in [6.45, 7) is 3.39. The number of carboxylic acids is 1. The van der Waals surface area contributed by atoms with E-state index >= 15 is 0 Å². The number of benzene rings is 2. The molecular weight excluding hydrogens is 398 g/mol. The molecule has 0 amide bonds. The van der Waals surface area contributed by atoms with Crippen LogP contribution < -0.4 is 10.2 Å². The van der Waals surface area contributed by atoms with Crippen molar-refractivity contribution in [1.29, 1.82) is 0 Å². The molecule has 31 heavy (non-hydrogen) atoms. The summed E-state index contributed by atoms with van der Waals surface area (Å²) in [6.07, 6.45) is 2.56. The highest BCUT2D eigenvalue weighted by Gasteiger charge is 2.26. The molecule has 0 radical (unpaired) electrons. The first-order valence-electron chi connectivity index (χ1n) is 10.3. The minimum atomic E-state index is -0.764. The van der Waals surface area contributed by atoms with Crippen LogP contribution in [0.25, 0.3) is 22.1 Å². The van der Waals surface area contributed by atoms with Gasteiger partial charge in [0.05, 0.1) is 29.5 Å². The lowest BCUT2D eigenvalue weighted by molar-refractivity contribution is -0.143. The van der Waals surface area contributed by atoms with Gasteiger partial charge in [-0.1, -0.05) is 12.1 Å². The minimum absolute atomic E-state index is 0.0747. The maximum Gasteiger partial charge on any atom is 0.306 e. The van der Waals surface area contributed by atoms with Crippen LogP contribution in [0.2, 0.25) is 0 Å². The minimum Gasteiger partial charge on any atom is -0.507 e. The Morgan fingerprint density at radius 3 is 2.52 bits per heavy atom. The summed E-state index contributed by atoms with van der Waals surface area (Å²) < 4.78 is 11.1. The van der Waals surface area contributed by atoms with Gasteiger partial charge < -0.3 is 19.4 Å². The van der Waals surface area contributed by atoms with E-state index in [1.165, 1.54) is 6.26 Å². The van der Waals surface area contributed by atoms with E-state index in [9.17, 15) is 19.8 Å². The van der Waals surface area contributed by atoms with Crippen molar-refractivity contribution in [2.24, 2.45) is 5.92 Å². The molecular formula is C24H25NO6. The van der Waals surface area contributed by atoms with Gasteiger partial charge >= 0.3 is 5.97 Å². The Hall–Kier alpha value is -3.32. The molecule has 0 aliphatic carbocycles. The Bertz CT molecular complexity index is 1170. The van der Waals surface area contributed by atoms with Gasteiger partial charge in [0, 0.05) is 6.54 Å². The van der Waals surface area contributed by atoms with Crippen LogP contribution in [0.15, 0.2) is 45.8 Å². The molecule has 0 unspecified atom stereocenters. The average Bonchev–Trinajstić information content (AvgIpc) is 2.77. The van der Waals surface area contributed by atoms with Crippen LogP contribution in [0.1, 0.15) is 24.0 Å². The number of likely N-dealkylation sites (tertiary alicyclic amines) is 1. The molecule has 2 N–H and O–H groups in total. The van der Waals surface area contributed by atoms with Gasteiger partial charge in [-0.3, -0.25) is 14.5 Å². The van der Waals surface area contributed by atoms with Crippen LogP contribution in [0.5, 0.6) is 11.5 Å². The zero-order valence-electron chi connectivity index (χ0n) is 17.6. The second-order valence-electron chi connectivity index (χ2n) is 7.99. The summed E-state index contributed by atoms with van der Waals surface area (Å²) in [5.74, 6) is -0.320. The Morgan fingerprint density at radius 2 is 1.90 bits per heavy atom. The van der Waals surface area contributed by atoms with E-state index in [4.69, 9.17) is 9.15 Å². The zero-order valence-corrected chi connectivity index (χ0v) is 17.6. The number of aryl methyl sites for hydroxylation is 1. The van der Waals surface area contributed by atoms with Crippen molar-refractivity contribution in [3.05, 3.63) is 57.9 Å². The van der Waals surface area contributed by atoms with E-state index in [1.807, 2.05) is 0 Å². The monoisotopic (exact) mass is 423 g/mol. The molecule has 1 fully saturated rings. The summed E-state index contributed by atoms with van der Waals surface area (Å²) >= 11 is 0. The highest BCUT2D eigenvalue weighted by atomic mass is 16.5. The quantitative estimate of drug-likeness (QED) is 0.644. The largest absolute Gasteiger partial charge is 0.507 e. The number of aromatic hydroxyl groups is 1. The molecule has 2 heterocycles. The molecule has 7 nitrogen and oxygen atoms in total. The third kappa shape index (κ3) is 4.01. The van der Waals surface area contributed by atoms with Crippen molar-refractivity contribution in [2.75, 3.05) is 20.2 Å². The van der Waals surface area contributed by atoms with Crippen LogP contribution in [0.4, 0.5) is 0 Å². The number of methoxy groups -OCH3 is 1.